The van der Waals surface area contributed by atoms with Crippen LogP contribution >= 0.6 is 23.5 Å². The van der Waals surface area contributed by atoms with Crippen molar-refractivity contribution in [2.75, 3.05) is 30.0 Å². The molecule has 13 nitrogen and oxygen atoms in total. The predicted molar refractivity (Wildman–Crippen MR) is 323 cm³/mol. The summed E-state index contributed by atoms with van der Waals surface area (Å²) in [5, 5.41) is 14.6. The molecule has 2 heterocycles. The number of hydrogen-bond acceptors (Lipinski definition) is 12. The van der Waals surface area contributed by atoms with E-state index in [0.717, 1.165) is 25.7 Å². The van der Waals surface area contributed by atoms with E-state index in [2.05, 4.69) is 113 Å². The smallest absolute Gasteiger partial charge is 0.342 e. The van der Waals surface area contributed by atoms with E-state index in [-0.39, 0.29) is 111 Å². The van der Waals surface area contributed by atoms with Crippen molar-refractivity contribution in [1.29, 1.82) is 0 Å². The maximum atomic E-state index is 15.5. The average molecular weight is 1130 g/mol. The Balaban J connectivity index is 1.98. The van der Waals surface area contributed by atoms with Crippen LogP contribution in [-0.2, 0) is 33.4 Å². The number of rotatable bonds is 19. The van der Waals surface area contributed by atoms with Gasteiger partial charge >= 0.3 is 17.9 Å². The Morgan fingerprint density at radius 2 is 1.10 bits per heavy atom. The van der Waals surface area contributed by atoms with E-state index in [4.69, 9.17) is 19.2 Å². The molecule has 2 amide bonds. The zero-order valence-corrected chi connectivity index (χ0v) is 54.0. The van der Waals surface area contributed by atoms with Crippen LogP contribution in [0.15, 0.2) is 21.8 Å². The van der Waals surface area contributed by atoms with Crippen molar-refractivity contribution in [1.82, 2.24) is 10.3 Å². The molecule has 0 aromatic carbocycles. The first-order valence-electron chi connectivity index (χ1n) is 29.1. The topological polar surface area (TPSA) is 185 Å². The molecule has 4 N–H and O–H groups in total. The number of allylic oxidation sites excluding steroid dienone is 1. The fourth-order valence-corrected chi connectivity index (χ4v) is 13.2. The third kappa shape index (κ3) is 16.8. The van der Waals surface area contributed by atoms with Crippen LogP contribution in [0.4, 0.5) is 5.82 Å². The van der Waals surface area contributed by atoms with Crippen molar-refractivity contribution in [2.24, 2.45) is 73.5 Å². The number of carbonyl (C=O) groups excluding carboxylic acids is 5. The van der Waals surface area contributed by atoms with Gasteiger partial charge in [-0.25, -0.2) is 14.6 Å². The number of ether oxygens (including phenoxy) is 3. The van der Waals surface area contributed by atoms with Crippen LogP contribution in [0, 0.1) is 68.5 Å². The molecule has 6 atom stereocenters. The number of thioether (sulfide) groups is 2. The lowest BCUT2D eigenvalue weighted by Crippen LogP contribution is -2.50. The summed E-state index contributed by atoms with van der Waals surface area (Å²) in [6.07, 6.45) is 5.22. The van der Waals surface area contributed by atoms with Crippen LogP contribution in [0.2, 0.25) is 0 Å². The van der Waals surface area contributed by atoms with Gasteiger partial charge in [-0.1, -0.05) is 132 Å². The molecule has 1 aromatic heterocycles. The summed E-state index contributed by atoms with van der Waals surface area (Å²) in [7, 11) is 0. The van der Waals surface area contributed by atoms with Gasteiger partial charge in [0.25, 0.3) is 0 Å². The summed E-state index contributed by atoms with van der Waals surface area (Å²) in [4.78, 5) is 80.5. The number of nitrogens with one attached hydrogen (secondary N) is 3. The number of aromatic nitrogens is 1. The lowest BCUT2D eigenvalue weighted by molar-refractivity contribution is -0.164. The second-order valence-corrected chi connectivity index (χ2v) is 31.6. The van der Waals surface area contributed by atoms with Crippen molar-refractivity contribution in [2.45, 2.75) is 220 Å². The summed E-state index contributed by atoms with van der Waals surface area (Å²) in [5.74, 6) is -0.635. The molecule has 0 radical (unpaired) electrons. The van der Waals surface area contributed by atoms with E-state index in [1.807, 2.05) is 54.5 Å². The molecule has 3 aliphatic rings. The first-order valence-corrected chi connectivity index (χ1v) is 31.2. The van der Waals surface area contributed by atoms with Crippen molar-refractivity contribution in [3.05, 3.63) is 33.7 Å². The molecule has 78 heavy (non-hydrogen) atoms. The predicted octanol–water partition coefficient (Wildman–Crippen LogP) is 14.1. The van der Waals surface area contributed by atoms with Gasteiger partial charge in [0.1, 0.15) is 41.6 Å². The Labute approximate surface area is 479 Å². The quantitative estimate of drug-likeness (QED) is 0.0587. The van der Waals surface area contributed by atoms with Crippen LogP contribution in [-0.4, -0.2) is 93.1 Å². The van der Waals surface area contributed by atoms with Crippen molar-refractivity contribution >= 4 is 71.0 Å². The first kappa shape index (κ1) is 66.9. The van der Waals surface area contributed by atoms with E-state index in [1.54, 1.807) is 13.8 Å². The van der Waals surface area contributed by atoms with Gasteiger partial charge in [-0.05, 0) is 122 Å². The van der Waals surface area contributed by atoms with Gasteiger partial charge in [-0.2, -0.15) is 0 Å². The second kappa shape index (κ2) is 26.6. The molecule has 1 aromatic rings. The number of aliphatic imine (C=N–C) groups is 1. The maximum absolute atomic E-state index is 15.5. The number of anilines is 1. The fraction of sp³-hybridized carbons (Fsp3) is 0.778. The Kier molecular flexibility index (Phi) is 22.8. The van der Waals surface area contributed by atoms with Gasteiger partial charge in [0.05, 0.1) is 28.2 Å². The van der Waals surface area contributed by atoms with Crippen molar-refractivity contribution in [3.8, 4) is 0 Å². The highest BCUT2D eigenvalue weighted by atomic mass is 32.2. The molecule has 2 saturated carbocycles. The number of amides is 2. The third-order valence-corrected chi connectivity index (χ3v) is 19.1. The Morgan fingerprint density at radius 1 is 0.667 bits per heavy atom. The summed E-state index contributed by atoms with van der Waals surface area (Å²) >= 11 is 2.64. The Hall–Kier alpha value is -3.56. The number of hydrogen-bond donors (Lipinski definition) is 4. The van der Waals surface area contributed by atoms with Gasteiger partial charge < -0.3 is 34.9 Å². The average Bonchev–Trinajstić information content (AvgIpc) is 3.86. The molecule has 0 saturated heterocycles. The lowest BCUT2D eigenvalue weighted by atomic mass is 9.59. The lowest BCUT2D eigenvalue weighted by Gasteiger charge is -2.50. The number of nitrogens with zero attached hydrogens (tertiary/aromatic N) is 1. The highest BCUT2D eigenvalue weighted by Gasteiger charge is 2.51. The molecule has 2 fully saturated rings. The van der Waals surface area contributed by atoms with Crippen LogP contribution in [0.5, 0.6) is 0 Å². The van der Waals surface area contributed by atoms with Gasteiger partial charge in [0.15, 0.2) is 0 Å². The SMILES string of the molecule is CCC(C)(C)C(=O)OCCSC(C)C(=O)NC1=NC(=Cc2[nH]c(NC(=O)C(C)SCCO)c(C(=O)OC3C(C(C)(C)C)CC(C)CC3C(C)(C)C)c2C(C)C)C(C(C)C)=C1C(=O)OC1C(C(C)(C)C)CC(C)CC1C(C)(C)C. The molecule has 2 aliphatic carbocycles. The minimum absolute atomic E-state index is 0.0517. The molecule has 0 bridgehead atoms. The third-order valence-electron chi connectivity index (χ3n) is 16.9. The maximum Gasteiger partial charge on any atom is 0.342 e. The number of esters is 3. The van der Waals surface area contributed by atoms with E-state index in [0.29, 0.717) is 52.3 Å². The van der Waals surface area contributed by atoms with Crippen LogP contribution in [0.1, 0.15) is 219 Å². The van der Waals surface area contributed by atoms with Crippen LogP contribution in [0.3, 0.4) is 0 Å². The van der Waals surface area contributed by atoms with Crippen LogP contribution in [0.25, 0.3) is 6.08 Å². The Morgan fingerprint density at radius 3 is 1.51 bits per heavy atom. The summed E-state index contributed by atoms with van der Waals surface area (Å²) < 4.78 is 19.4. The van der Waals surface area contributed by atoms with E-state index in [9.17, 15) is 19.5 Å². The minimum Gasteiger partial charge on any atom is -0.464 e. The van der Waals surface area contributed by atoms with Crippen molar-refractivity contribution in [3.63, 3.8) is 0 Å². The summed E-state index contributed by atoms with van der Waals surface area (Å²) in [5.41, 5.74) is 1.11. The molecule has 4 rings (SSSR count). The van der Waals surface area contributed by atoms with Gasteiger partial charge in [-0.3, -0.25) is 14.4 Å². The van der Waals surface area contributed by atoms with Gasteiger partial charge in [0, 0.05) is 40.9 Å². The number of aromatic amines is 1. The number of aliphatic hydroxyl groups excluding tert-OH is 1. The Bertz CT molecular complexity index is 2340. The molecule has 0 spiro atoms. The number of amidine groups is 1. The highest BCUT2D eigenvalue weighted by Crippen LogP contribution is 2.52. The van der Waals surface area contributed by atoms with Gasteiger partial charge in [0.2, 0.25) is 11.8 Å². The summed E-state index contributed by atoms with van der Waals surface area (Å²) in [6.45, 7) is 48.3. The van der Waals surface area contributed by atoms with Gasteiger partial charge in [-0.15, -0.1) is 23.5 Å². The first-order chi connectivity index (χ1) is 35.8. The number of aliphatic hydroxyl groups is 1. The standard InChI is InChI=1S/C63H104N4O9S2/c1-24-63(22,23)58(73)74-26-28-78-39(9)55(70)67-53-49(57(72)76-51-42(61(16,17)18)31-37(7)32-43(51)62(19,20)21)47(35(4)5)45(65-53)33-44-46(34(2)3)48(52(64-44)66-54(69)38(8)77-27-25-68)56(71)75-50-40(59(10,11)12)29-36(6)30-41(50)60(13,14)15/h33-43,50-51,64,68H,24-32H2,1-23H3,(H,66,69)(H,65,67,70). The number of H-pyrrole nitrogens is 1. The monoisotopic (exact) mass is 1120 g/mol. The van der Waals surface area contributed by atoms with E-state index < -0.39 is 40.1 Å². The van der Waals surface area contributed by atoms with Crippen LogP contribution < -0.4 is 10.6 Å². The number of carbonyl (C=O) groups is 5. The largest absolute Gasteiger partial charge is 0.464 e. The molecular weight excluding hydrogens is 1020 g/mol. The molecule has 15 heteroatoms. The zero-order valence-electron chi connectivity index (χ0n) is 52.3. The van der Waals surface area contributed by atoms with E-state index in [1.165, 1.54) is 23.5 Å². The molecule has 6 unspecified atom stereocenters. The van der Waals surface area contributed by atoms with Crippen molar-refractivity contribution < 1.29 is 43.3 Å². The summed E-state index contributed by atoms with van der Waals surface area (Å²) in [6, 6.07) is 0. The molecule has 1 aliphatic heterocycles. The second-order valence-electron chi connectivity index (χ2n) is 28.7. The normalized spacial score (nSPS) is 25.0. The highest BCUT2D eigenvalue weighted by molar-refractivity contribution is 8.00. The molecule has 442 valence electrons. The minimum atomic E-state index is -0.620. The molecular formula is C63H104N4O9S2. The van der Waals surface area contributed by atoms with E-state index >= 15 is 9.59 Å². The fourth-order valence-electron chi connectivity index (χ4n) is 11.8. The zero-order chi connectivity index (χ0) is 59.4.